The van der Waals surface area contributed by atoms with E-state index in [1.165, 1.54) is 5.56 Å². The zero-order chi connectivity index (χ0) is 14.8. The third kappa shape index (κ3) is 2.79. The molecule has 1 fully saturated rings. The number of rotatable bonds is 5. The van der Waals surface area contributed by atoms with E-state index in [0.717, 1.165) is 49.4 Å². The molecule has 1 aliphatic rings. The van der Waals surface area contributed by atoms with Crippen LogP contribution in [0.3, 0.4) is 0 Å². The fraction of sp³-hybridized carbons (Fsp3) is 0.625. The van der Waals surface area contributed by atoms with Crippen LogP contribution in [-0.4, -0.2) is 33.1 Å². The predicted octanol–water partition coefficient (Wildman–Crippen LogP) is 3.34. The number of aryl methyl sites for hydroxylation is 2. The molecule has 2 aromatic rings. The summed E-state index contributed by atoms with van der Waals surface area (Å²) in [7, 11) is 0. The Morgan fingerprint density at radius 1 is 1.48 bits per heavy atom. The Bertz CT molecular complexity index is 625. The standard InChI is InChI=1S/C16H22ClN3O/c1-3-13-12(6-9-21-13)10-20-14(4-7-17)19-15-11(2)5-8-18-16(15)20/h5,8,12-13H,3-4,6-7,9-10H2,1-2H3. The average molecular weight is 308 g/mol. The van der Waals surface area contributed by atoms with Gasteiger partial charge < -0.3 is 9.30 Å². The Kier molecular flexibility index (Phi) is 4.45. The molecule has 3 rings (SSSR count). The number of pyridine rings is 1. The van der Waals surface area contributed by atoms with Gasteiger partial charge in [0.2, 0.25) is 0 Å². The highest BCUT2D eigenvalue weighted by Crippen LogP contribution is 2.27. The monoisotopic (exact) mass is 307 g/mol. The maximum absolute atomic E-state index is 5.95. The molecule has 0 amide bonds. The van der Waals surface area contributed by atoms with E-state index in [4.69, 9.17) is 21.3 Å². The Morgan fingerprint density at radius 3 is 3.10 bits per heavy atom. The lowest BCUT2D eigenvalue weighted by molar-refractivity contribution is 0.0835. The Balaban J connectivity index is 1.99. The summed E-state index contributed by atoms with van der Waals surface area (Å²) in [6, 6.07) is 2.01. The summed E-state index contributed by atoms with van der Waals surface area (Å²) >= 11 is 5.95. The van der Waals surface area contributed by atoms with Gasteiger partial charge in [-0.15, -0.1) is 11.6 Å². The maximum Gasteiger partial charge on any atom is 0.160 e. The molecule has 0 aromatic carbocycles. The van der Waals surface area contributed by atoms with Crippen LogP contribution in [0.15, 0.2) is 12.3 Å². The van der Waals surface area contributed by atoms with Crippen molar-refractivity contribution in [3.8, 4) is 0 Å². The van der Waals surface area contributed by atoms with Gasteiger partial charge in [0.25, 0.3) is 0 Å². The molecule has 1 saturated heterocycles. The number of aromatic nitrogens is 3. The van der Waals surface area contributed by atoms with Crippen molar-refractivity contribution in [2.24, 2.45) is 5.92 Å². The van der Waals surface area contributed by atoms with E-state index >= 15 is 0 Å². The van der Waals surface area contributed by atoms with Gasteiger partial charge in [-0.3, -0.25) is 0 Å². The smallest absolute Gasteiger partial charge is 0.160 e. The quantitative estimate of drug-likeness (QED) is 0.795. The van der Waals surface area contributed by atoms with E-state index in [1.54, 1.807) is 0 Å². The number of hydrogen-bond donors (Lipinski definition) is 0. The van der Waals surface area contributed by atoms with Gasteiger partial charge in [-0.25, -0.2) is 9.97 Å². The van der Waals surface area contributed by atoms with Gasteiger partial charge in [-0.05, 0) is 31.4 Å². The van der Waals surface area contributed by atoms with Crippen LogP contribution in [0, 0.1) is 12.8 Å². The second-order valence-corrected chi connectivity index (χ2v) is 6.12. The fourth-order valence-electron chi connectivity index (χ4n) is 3.24. The summed E-state index contributed by atoms with van der Waals surface area (Å²) in [5.74, 6) is 2.17. The lowest BCUT2D eigenvalue weighted by atomic mass is 9.99. The van der Waals surface area contributed by atoms with Crippen molar-refractivity contribution in [1.82, 2.24) is 14.5 Å². The van der Waals surface area contributed by atoms with Crippen LogP contribution in [-0.2, 0) is 17.7 Å². The number of fused-ring (bicyclic) bond motifs is 1. The first-order chi connectivity index (χ1) is 10.2. The molecule has 2 aromatic heterocycles. The molecule has 21 heavy (non-hydrogen) atoms. The number of alkyl halides is 1. The van der Waals surface area contributed by atoms with Crippen molar-refractivity contribution in [2.75, 3.05) is 12.5 Å². The van der Waals surface area contributed by atoms with Crippen molar-refractivity contribution < 1.29 is 4.74 Å². The highest BCUT2D eigenvalue weighted by molar-refractivity contribution is 6.17. The molecule has 1 aliphatic heterocycles. The minimum atomic E-state index is 0.358. The van der Waals surface area contributed by atoms with Gasteiger partial charge in [-0.2, -0.15) is 0 Å². The fourth-order valence-corrected chi connectivity index (χ4v) is 3.41. The number of imidazole rings is 1. The highest BCUT2D eigenvalue weighted by atomic mass is 35.5. The summed E-state index contributed by atoms with van der Waals surface area (Å²) in [4.78, 5) is 9.32. The number of halogens is 1. The first-order valence-electron chi connectivity index (χ1n) is 7.72. The van der Waals surface area contributed by atoms with Crippen molar-refractivity contribution >= 4 is 22.8 Å². The van der Waals surface area contributed by atoms with Crippen LogP contribution in [0.2, 0.25) is 0 Å². The number of hydrogen-bond acceptors (Lipinski definition) is 3. The first-order valence-corrected chi connectivity index (χ1v) is 8.26. The number of ether oxygens (including phenoxy) is 1. The average Bonchev–Trinajstić information content (AvgIpc) is 3.06. The predicted molar refractivity (Wildman–Crippen MR) is 84.8 cm³/mol. The minimum Gasteiger partial charge on any atom is -0.378 e. The second-order valence-electron chi connectivity index (χ2n) is 5.74. The SMILES string of the molecule is CCC1OCCC1Cn1c(CCCl)nc2c(C)ccnc21. The van der Waals surface area contributed by atoms with Gasteiger partial charge in [0.15, 0.2) is 5.65 Å². The molecule has 5 heteroatoms. The normalized spacial score (nSPS) is 22.2. The van der Waals surface area contributed by atoms with Gasteiger partial charge in [0, 0.05) is 37.6 Å². The second kappa shape index (κ2) is 6.32. The lowest BCUT2D eigenvalue weighted by Gasteiger charge is -2.18. The van der Waals surface area contributed by atoms with Crippen molar-refractivity contribution in [3.63, 3.8) is 0 Å². The van der Waals surface area contributed by atoms with Crippen LogP contribution < -0.4 is 0 Å². The summed E-state index contributed by atoms with van der Waals surface area (Å²) in [6.45, 7) is 6.07. The van der Waals surface area contributed by atoms with E-state index in [-0.39, 0.29) is 0 Å². The molecule has 3 heterocycles. The van der Waals surface area contributed by atoms with Gasteiger partial charge in [0.05, 0.1) is 6.10 Å². The van der Waals surface area contributed by atoms with E-state index in [0.29, 0.717) is 17.9 Å². The zero-order valence-corrected chi connectivity index (χ0v) is 13.4. The van der Waals surface area contributed by atoms with Gasteiger partial charge >= 0.3 is 0 Å². The number of nitrogens with zero attached hydrogens (tertiary/aromatic N) is 3. The van der Waals surface area contributed by atoms with Crippen LogP contribution in [0.4, 0.5) is 0 Å². The van der Waals surface area contributed by atoms with Gasteiger partial charge in [-0.1, -0.05) is 6.92 Å². The summed E-state index contributed by atoms with van der Waals surface area (Å²) in [5.41, 5.74) is 3.16. The Labute approximate surface area is 130 Å². The molecule has 114 valence electrons. The minimum absolute atomic E-state index is 0.358. The van der Waals surface area contributed by atoms with Gasteiger partial charge in [0.1, 0.15) is 11.3 Å². The van der Waals surface area contributed by atoms with Crippen molar-refractivity contribution in [1.29, 1.82) is 0 Å². The molecule has 0 radical (unpaired) electrons. The third-order valence-corrected chi connectivity index (χ3v) is 4.59. The summed E-state index contributed by atoms with van der Waals surface area (Å²) in [6.07, 6.45) is 5.18. The molecular weight excluding hydrogens is 286 g/mol. The third-order valence-electron chi connectivity index (χ3n) is 4.40. The molecule has 0 N–H and O–H groups in total. The molecule has 0 spiro atoms. The molecule has 0 saturated carbocycles. The molecule has 0 aliphatic carbocycles. The largest absolute Gasteiger partial charge is 0.378 e. The molecule has 2 unspecified atom stereocenters. The molecule has 4 nitrogen and oxygen atoms in total. The van der Waals surface area contributed by atoms with E-state index in [2.05, 4.69) is 23.4 Å². The zero-order valence-electron chi connectivity index (χ0n) is 12.7. The first kappa shape index (κ1) is 14.8. The van der Waals surface area contributed by atoms with Crippen LogP contribution in [0.25, 0.3) is 11.2 Å². The maximum atomic E-state index is 5.95. The van der Waals surface area contributed by atoms with Crippen LogP contribution in [0.1, 0.15) is 31.2 Å². The summed E-state index contributed by atoms with van der Waals surface area (Å²) in [5, 5.41) is 0. The Hall–Kier alpha value is -1.13. The molecular formula is C16H22ClN3O. The van der Waals surface area contributed by atoms with E-state index in [9.17, 15) is 0 Å². The molecule has 0 bridgehead atoms. The summed E-state index contributed by atoms with van der Waals surface area (Å²) < 4.78 is 8.08. The lowest BCUT2D eigenvalue weighted by Crippen LogP contribution is -2.21. The van der Waals surface area contributed by atoms with Crippen molar-refractivity contribution in [2.45, 2.75) is 45.8 Å². The van der Waals surface area contributed by atoms with Crippen LogP contribution >= 0.6 is 11.6 Å². The topological polar surface area (TPSA) is 39.9 Å². The molecule has 2 atom stereocenters. The highest BCUT2D eigenvalue weighted by Gasteiger charge is 2.28. The van der Waals surface area contributed by atoms with Crippen molar-refractivity contribution in [3.05, 3.63) is 23.7 Å². The Morgan fingerprint density at radius 2 is 2.33 bits per heavy atom. The van der Waals surface area contributed by atoms with E-state index < -0.39 is 0 Å². The van der Waals surface area contributed by atoms with E-state index in [1.807, 2.05) is 12.3 Å². The van der Waals surface area contributed by atoms with Crippen LogP contribution in [0.5, 0.6) is 0 Å².